The summed E-state index contributed by atoms with van der Waals surface area (Å²) < 4.78 is 13.1. The Morgan fingerprint density at radius 1 is 1.40 bits per heavy atom. The monoisotopic (exact) mass is 205 g/mol. The molecular formula is C11H8FNO2. The van der Waals surface area contributed by atoms with E-state index in [1.54, 1.807) is 12.1 Å². The third-order valence-electron chi connectivity index (χ3n) is 1.90. The number of rotatable bonds is 3. The van der Waals surface area contributed by atoms with Crippen LogP contribution in [0.3, 0.4) is 0 Å². The Bertz CT molecular complexity index is 448. The summed E-state index contributed by atoms with van der Waals surface area (Å²) in [5, 5.41) is 8.68. The first-order chi connectivity index (χ1) is 7.07. The van der Waals surface area contributed by atoms with Crippen LogP contribution >= 0.6 is 0 Å². The fraction of sp³-hybridized carbons (Fsp3) is 0.182. The molecule has 0 radical (unpaired) electrons. The van der Waals surface area contributed by atoms with Crippen LogP contribution in [0.25, 0.3) is 0 Å². The highest BCUT2D eigenvalue weighted by Crippen LogP contribution is 2.12. The molecule has 76 valence electrons. The van der Waals surface area contributed by atoms with Crippen molar-refractivity contribution in [2.45, 2.75) is 13.1 Å². The fourth-order valence-corrected chi connectivity index (χ4v) is 1.12. The van der Waals surface area contributed by atoms with E-state index in [4.69, 9.17) is 5.26 Å². The number of nitriles is 1. The zero-order valence-corrected chi connectivity index (χ0v) is 8.03. The summed E-state index contributed by atoms with van der Waals surface area (Å²) in [4.78, 5) is 22.1. The van der Waals surface area contributed by atoms with Crippen LogP contribution in [0.15, 0.2) is 24.3 Å². The van der Waals surface area contributed by atoms with Gasteiger partial charge in [0.15, 0.2) is 5.78 Å². The van der Waals surface area contributed by atoms with Crippen molar-refractivity contribution in [3.8, 4) is 6.07 Å². The molecule has 0 fully saturated rings. The molecule has 15 heavy (non-hydrogen) atoms. The van der Waals surface area contributed by atoms with Gasteiger partial charge in [-0.05, 0) is 19.1 Å². The van der Waals surface area contributed by atoms with Crippen LogP contribution in [0.2, 0.25) is 0 Å². The van der Waals surface area contributed by atoms with E-state index in [2.05, 4.69) is 0 Å². The van der Waals surface area contributed by atoms with E-state index in [0.717, 1.165) is 6.92 Å². The summed E-state index contributed by atoms with van der Waals surface area (Å²) in [6.07, 6.45) is -2.18. The Morgan fingerprint density at radius 3 is 2.53 bits per heavy atom. The van der Waals surface area contributed by atoms with E-state index in [0.29, 0.717) is 0 Å². The third kappa shape index (κ3) is 2.26. The van der Waals surface area contributed by atoms with Gasteiger partial charge in [-0.1, -0.05) is 12.1 Å². The Morgan fingerprint density at radius 2 is 2.00 bits per heavy atom. The normalized spacial score (nSPS) is 11.5. The second-order valence-corrected chi connectivity index (χ2v) is 2.99. The lowest BCUT2D eigenvalue weighted by Gasteiger charge is -2.04. The molecule has 0 saturated carbocycles. The van der Waals surface area contributed by atoms with Crippen LogP contribution in [0.1, 0.15) is 22.8 Å². The van der Waals surface area contributed by atoms with E-state index in [1.165, 1.54) is 18.2 Å². The SMILES string of the molecule is CC(=O)C(F)C(=O)c1ccccc1C#N. The van der Waals surface area contributed by atoms with Crippen LogP contribution < -0.4 is 0 Å². The van der Waals surface area contributed by atoms with Gasteiger partial charge in [-0.15, -0.1) is 0 Å². The largest absolute Gasteiger partial charge is 0.296 e. The van der Waals surface area contributed by atoms with Crippen molar-refractivity contribution in [3.05, 3.63) is 35.4 Å². The van der Waals surface area contributed by atoms with E-state index < -0.39 is 17.7 Å². The van der Waals surface area contributed by atoms with Crippen molar-refractivity contribution in [3.63, 3.8) is 0 Å². The lowest BCUT2D eigenvalue weighted by atomic mass is 10.0. The maximum absolute atomic E-state index is 13.1. The molecule has 0 aliphatic carbocycles. The fourth-order valence-electron chi connectivity index (χ4n) is 1.12. The van der Waals surface area contributed by atoms with Gasteiger partial charge >= 0.3 is 0 Å². The predicted octanol–water partition coefficient (Wildman–Crippen LogP) is 1.67. The minimum Gasteiger partial charge on any atom is -0.296 e. The molecule has 1 unspecified atom stereocenters. The third-order valence-corrected chi connectivity index (χ3v) is 1.90. The van der Waals surface area contributed by atoms with Gasteiger partial charge in [-0.2, -0.15) is 5.26 Å². The molecule has 0 saturated heterocycles. The lowest BCUT2D eigenvalue weighted by molar-refractivity contribution is -0.120. The van der Waals surface area contributed by atoms with Gasteiger partial charge in [-0.25, -0.2) is 4.39 Å². The number of carbonyl (C=O) groups is 2. The van der Waals surface area contributed by atoms with Crippen molar-refractivity contribution in [2.24, 2.45) is 0 Å². The summed E-state index contributed by atoms with van der Waals surface area (Å²) in [6, 6.07) is 7.58. The number of nitrogens with zero attached hydrogens (tertiary/aromatic N) is 1. The molecule has 0 aromatic heterocycles. The summed E-state index contributed by atoms with van der Waals surface area (Å²) in [5.41, 5.74) is 0.0223. The molecule has 4 heteroatoms. The van der Waals surface area contributed by atoms with E-state index in [-0.39, 0.29) is 11.1 Å². The Balaban J connectivity index is 3.12. The molecule has 1 aromatic carbocycles. The molecule has 0 aliphatic heterocycles. The molecule has 3 nitrogen and oxygen atoms in total. The van der Waals surface area contributed by atoms with E-state index in [9.17, 15) is 14.0 Å². The van der Waals surface area contributed by atoms with Crippen LogP contribution in [0.5, 0.6) is 0 Å². The minimum absolute atomic E-state index is 0.0531. The molecule has 0 spiro atoms. The second kappa shape index (κ2) is 4.47. The van der Waals surface area contributed by atoms with Gasteiger partial charge in [0, 0.05) is 5.56 Å². The zero-order valence-electron chi connectivity index (χ0n) is 8.03. The molecule has 0 amide bonds. The van der Waals surface area contributed by atoms with Crippen molar-refractivity contribution >= 4 is 11.6 Å². The van der Waals surface area contributed by atoms with E-state index in [1.807, 2.05) is 0 Å². The molecule has 0 heterocycles. The number of hydrogen-bond donors (Lipinski definition) is 0. The first-order valence-electron chi connectivity index (χ1n) is 4.25. The molecule has 0 N–H and O–H groups in total. The average Bonchev–Trinajstić information content (AvgIpc) is 2.26. The topological polar surface area (TPSA) is 57.9 Å². The Labute approximate surface area is 86.1 Å². The van der Waals surface area contributed by atoms with Gasteiger partial charge < -0.3 is 0 Å². The highest BCUT2D eigenvalue weighted by Gasteiger charge is 2.25. The summed E-state index contributed by atoms with van der Waals surface area (Å²) >= 11 is 0. The van der Waals surface area contributed by atoms with Crippen molar-refractivity contribution in [1.82, 2.24) is 0 Å². The second-order valence-electron chi connectivity index (χ2n) is 2.99. The van der Waals surface area contributed by atoms with Gasteiger partial charge in [0.05, 0.1) is 11.6 Å². The number of benzene rings is 1. The average molecular weight is 205 g/mol. The molecule has 0 aliphatic rings. The van der Waals surface area contributed by atoms with E-state index >= 15 is 0 Å². The zero-order chi connectivity index (χ0) is 11.4. The number of hydrogen-bond acceptors (Lipinski definition) is 3. The van der Waals surface area contributed by atoms with Gasteiger partial charge in [0.1, 0.15) is 0 Å². The highest BCUT2D eigenvalue weighted by molar-refractivity contribution is 6.13. The van der Waals surface area contributed by atoms with Crippen LogP contribution in [0, 0.1) is 11.3 Å². The molecule has 0 bridgehead atoms. The number of carbonyl (C=O) groups excluding carboxylic acids is 2. The Hall–Kier alpha value is -2.02. The number of halogens is 1. The molecular weight excluding hydrogens is 197 g/mol. The van der Waals surface area contributed by atoms with Crippen molar-refractivity contribution < 1.29 is 14.0 Å². The van der Waals surface area contributed by atoms with Crippen LogP contribution in [0.4, 0.5) is 4.39 Å². The molecule has 1 aromatic rings. The maximum Gasteiger partial charge on any atom is 0.220 e. The van der Waals surface area contributed by atoms with Crippen molar-refractivity contribution in [2.75, 3.05) is 0 Å². The number of alkyl halides is 1. The maximum atomic E-state index is 13.1. The van der Waals surface area contributed by atoms with Gasteiger partial charge in [0.25, 0.3) is 0 Å². The molecule has 1 atom stereocenters. The predicted molar refractivity (Wildman–Crippen MR) is 51.1 cm³/mol. The van der Waals surface area contributed by atoms with Crippen LogP contribution in [-0.4, -0.2) is 17.7 Å². The first-order valence-corrected chi connectivity index (χ1v) is 4.25. The van der Waals surface area contributed by atoms with Crippen LogP contribution in [-0.2, 0) is 4.79 Å². The van der Waals surface area contributed by atoms with Crippen molar-refractivity contribution in [1.29, 1.82) is 5.26 Å². The number of Topliss-reactive ketones (excluding diaryl/α,β-unsaturated/α-hetero) is 2. The minimum atomic E-state index is -2.18. The smallest absolute Gasteiger partial charge is 0.220 e. The first kappa shape index (κ1) is 11.1. The van der Waals surface area contributed by atoms with Gasteiger partial charge in [0.2, 0.25) is 12.0 Å². The molecule has 1 rings (SSSR count). The summed E-state index contributed by atoms with van der Waals surface area (Å²) in [5.74, 6) is -1.81. The lowest BCUT2D eigenvalue weighted by Crippen LogP contribution is -2.24. The number of ketones is 2. The Kier molecular flexibility index (Phi) is 3.29. The van der Waals surface area contributed by atoms with Gasteiger partial charge in [-0.3, -0.25) is 9.59 Å². The standard InChI is InChI=1S/C11H8FNO2/c1-7(14)10(12)11(15)9-5-3-2-4-8(9)6-13/h2-5,10H,1H3. The summed E-state index contributed by atoms with van der Waals surface area (Å²) in [6.45, 7) is 0.998. The quantitative estimate of drug-likeness (QED) is 0.557. The summed E-state index contributed by atoms with van der Waals surface area (Å²) in [7, 11) is 0. The highest BCUT2D eigenvalue weighted by atomic mass is 19.1.